The molecular formula is C16H20N4S. The summed E-state index contributed by atoms with van der Waals surface area (Å²) in [5, 5.41) is 5.87. The fourth-order valence-electron chi connectivity index (χ4n) is 2.51. The van der Waals surface area contributed by atoms with E-state index in [0.717, 1.165) is 17.9 Å². The second-order valence-corrected chi connectivity index (χ2v) is 6.33. The Bertz CT molecular complexity index is 770. The number of nitrogens with two attached hydrogens (primary N) is 1. The Morgan fingerprint density at radius 3 is 2.71 bits per heavy atom. The van der Waals surface area contributed by atoms with E-state index < -0.39 is 0 Å². The number of thioether (sulfide) groups is 1. The van der Waals surface area contributed by atoms with Crippen LogP contribution in [0.2, 0.25) is 0 Å². The molecule has 3 rings (SSSR count). The molecule has 4 nitrogen and oxygen atoms in total. The van der Waals surface area contributed by atoms with Crippen LogP contribution in [0.25, 0.3) is 10.9 Å². The first-order valence-corrected chi connectivity index (χ1v) is 8.27. The van der Waals surface area contributed by atoms with Crippen LogP contribution >= 0.6 is 11.8 Å². The van der Waals surface area contributed by atoms with Crippen molar-refractivity contribution in [2.24, 2.45) is 0 Å². The van der Waals surface area contributed by atoms with Crippen LogP contribution in [0.15, 0.2) is 41.6 Å². The molecule has 0 bridgehead atoms. The number of hydrogen-bond acceptors (Lipinski definition) is 3. The summed E-state index contributed by atoms with van der Waals surface area (Å²) in [4.78, 5) is 1.22. The molecule has 0 fully saturated rings. The fourth-order valence-corrected chi connectivity index (χ4v) is 3.16. The van der Waals surface area contributed by atoms with Crippen LogP contribution in [0, 0.1) is 0 Å². The second kappa shape index (κ2) is 5.48. The Balaban J connectivity index is 1.98. The predicted molar refractivity (Wildman–Crippen MR) is 89.8 cm³/mol. The molecule has 110 valence electrons. The van der Waals surface area contributed by atoms with Crippen molar-refractivity contribution >= 4 is 28.4 Å². The maximum absolute atomic E-state index is 6.02. The van der Waals surface area contributed by atoms with Gasteiger partial charge in [0.15, 0.2) is 0 Å². The maximum Gasteiger partial charge on any atom is 0.0821 e. The maximum atomic E-state index is 6.02. The van der Waals surface area contributed by atoms with Gasteiger partial charge >= 0.3 is 0 Å². The van der Waals surface area contributed by atoms with Gasteiger partial charge in [-0.3, -0.25) is 4.68 Å². The first-order valence-electron chi connectivity index (χ1n) is 7.05. The van der Waals surface area contributed by atoms with Crippen molar-refractivity contribution in [2.75, 3.05) is 12.0 Å². The minimum atomic E-state index is 0.388. The average molecular weight is 300 g/mol. The topological polar surface area (TPSA) is 48.8 Å². The van der Waals surface area contributed by atoms with E-state index in [1.54, 1.807) is 11.8 Å². The summed E-state index contributed by atoms with van der Waals surface area (Å²) in [5.74, 6) is 0. The zero-order chi connectivity index (χ0) is 15.0. The third-order valence-electron chi connectivity index (χ3n) is 3.62. The lowest BCUT2D eigenvalue weighted by molar-refractivity contribution is 0.524. The normalized spacial score (nSPS) is 11.6. The Morgan fingerprint density at radius 1 is 1.24 bits per heavy atom. The number of fused-ring (bicyclic) bond motifs is 1. The van der Waals surface area contributed by atoms with Gasteiger partial charge in [0.25, 0.3) is 0 Å². The van der Waals surface area contributed by atoms with E-state index in [0.29, 0.717) is 6.04 Å². The molecule has 21 heavy (non-hydrogen) atoms. The summed E-state index contributed by atoms with van der Waals surface area (Å²) >= 11 is 1.73. The van der Waals surface area contributed by atoms with Gasteiger partial charge in [-0.15, -0.1) is 11.8 Å². The van der Waals surface area contributed by atoms with Crippen LogP contribution < -0.4 is 5.73 Å². The molecule has 0 atom stereocenters. The molecule has 0 saturated carbocycles. The molecule has 0 aliphatic heterocycles. The van der Waals surface area contributed by atoms with Crippen LogP contribution in [0.3, 0.4) is 0 Å². The molecule has 0 aliphatic rings. The lowest BCUT2D eigenvalue weighted by atomic mass is 10.2. The fraction of sp³-hybridized carbons (Fsp3) is 0.312. The molecule has 5 heteroatoms. The van der Waals surface area contributed by atoms with E-state index >= 15 is 0 Å². The number of anilines is 1. The van der Waals surface area contributed by atoms with Crippen molar-refractivity contribution in [1.82, 2.24) is 14.3 Å². The van der Waals surface area contributed by atoms with Gasteiger partial charge in [-0.25, -0.2) is 0 Å². The van der Waals surface area contributed by atoms with Crippen molar-refractivity contribution in [3.05, 3.63) is 42.4 Å². The Morgan fingerprint density at radius 2 is 2.05 bits per heavy atom. The van der Waals surface area contributed by atoms with Gasteiger partial charge in [-0.2, -0.15) is 5.10 Å². The summed E-state index contributed by atoms with van der Waals surface area (Å²) < 4.78 is 4.20. The third-order valence-corrected chi connectivity index (χ3v) is 4.40. The lowest BCUT2D eigenvalue weighted by Crippen LogP contribution is -2.04. The predicted octanol–water partition coefficient (Wildman–Crippen LogP) is 3.77. The molecule has 0 unspecified atom stereocenters. The molecular weight excluding hydrogens is 280 g/mol. The highest BCUT2D eigenvalue weighted by Crippen LogP contribution is 2.30. The first kappa shape index (κ1) is 14.1. The Hall–Kier alpha value is -1.88. The number of hydrogen-bond donors (Lipinski definition) is 1. The minimum absolute atomic E-state index is 0.388. The van der Waals surface area contributed by atoms with E-state index in [9.17, 15) is 0 Å². The van der Waals surface area contributed by atoms with Crippen molar-refractivity contribution in [3.8, 4) is 0 Å². The molecule has 0 spiro atoms. The van der Waals surface area contributed by atoms with Crippen molar-refractivity contribution in [1.29, 1.82) is 0 Å². The van der Waals surface area contributed by atoms with Crippen molar-refractivity contribution in [2.45, 2.75) is 31.3 Å². The Labute approximate surface area is 128 Å². The summed E-state index contributed by atoms with van der Waals surface area (Å²) in [5.41, 5.74) is 9.05. The van der Waals surface area contributed by atoms with Gasteiger partial charge in [0.05, 0.1) is 17.8 Å². The zero-order valence-corrected chi connectivity index (χ0v) is 13.4. The lowest BCUT2D eigenvalue weighted by Gasteiger charge is -2.07. The molecule has 2 aromatic heterocycles. The van der Waals surface area contributed by atoms with E-state index in [1.807, 2.05) is 23.0 Å². The number of nitrogens with zero attached hydrogens (tertiary/aromatic N) is 3. The molecule has 0 saturated heterocycles. The molecule has 1 aromatic carbocycles. The van der Waals surface area contributed by atoms with Crippen LogP contribution in [-0.2, 0) is 6.54 Å². The van der Waals surface area contributed by atoms with Gasteiger partial charge in [-0.1, -0.05) is 0 Å². The molecule has 2 N–H and O–H groups in total. The standard InChI is InChI=1S/C16H20N4S/c1-11(2)20-7-4-13(18-20)10-19-6-5-14-15(19)8-12(17)9-16(14)21-3/h4-9,11H,10,17H2,1-3H3. The summed E-state index contributed by atoms with van der Waals surface area (Å²) in [7, 11) is 0. The molecule has 0 radical (unpaired) electrons. The van der Waals surface area contributed by atoms with E-state index in [4.69, 9.17) is 5.73 Å². The minimum Gasteiger partial charge on any atom is -0.399 e. The number of benzene rings is 1. The second-order valence-electron chi connectivity index (χ2n) is 5.48. The van der Waals surface area contributed by atoms with Gasteiger partial charge in [0.2, 0.25) is 0 Å². The summed E-state index contributed by atoms with van der Waals surface area (Å²) in [6.45, 7) is 5.03. The highest BCUT2D eigenvalue weighted by molar-refractivity contribution is 7.98. The number of aromatic nitrogens is 3. The number of nitrogen functional groups attached to an aromatic ring is 1. The SMILES string of the molecule is CSc1cc(N)cc2c1ccn2Cc1ccn(C(C)C)n1. The van der Waals surface area contributed by atoms with Gasteiger partial charge in [0, 0.05) is 34.4 Å². The first-order chi connectivity index (χ1) is 10.1. The average Bonchev–Trinajstić information content (AvgIpc) is 3.06. The molecule has 0 aliphatic carbocycles. The van der Waals surface area contributed by atoms with E-state index in [2.05, 4.69) is 48.1 Å². The molecule has 0 amide bonds. The third kappa shape index (κ3) is 2.65. The van der Waals surface area contributed by atoms with Crippen LogP contribution in [0.4, 0.5) is 5.69 Å². The van der Waals surface area contributed by atoms with E-state index in [1.165, 1.54) is 15.8 Å². The van der Waals surface area contributed by atoms with Gasteiger partial charge in [-0.05, 0) is 44.4 Å². The Kier molecular flexibility index (Phi) is 3.68. The smallest absolute Gasteiger partial charge is 0.0821 e. The van der Waals surface area contributed by atoms with Gasteiger partial charge in [0.1, 0.15) is 0 Å². The van der Waals surface area contributed by atoms with E-state index in [-0.39, 0.29) is 0 Å². The number of rotatable bonds is 4. The highest BCUT2D eigenvalue weighted by atomic mass is 32.2. The zero-order valence-electron chi connectivity index (χ0n) is 12.6. The molecule has 2 heterocycles. The quantitative estimate of drug-likeness (QED) is 0.589. The van der Waals surface area contributed by atoms with Crippen LogP contribution in [0.5, 0.6) is 0 Å². The summed E-state index contributed by atoms with van der Waals surface area (Å²) in [6, 6.07) is 8.69. The van der Waals surface area contributed by atoms with Crippen molar-refractivity contribution in [3.63, 3.8) is 0 Å². The van der Waals surface area contributed by atoms with Gasteiger partial charge < -0.3 is 10.3 Å². The highest BCUT2D eigenvalue weighted by Gasteiger charge is 2.09. The monoisotopic (exact) mass is 300 g/mol. The van der Waals surface area contributed by atoms with Crippen LogP contribution in [-0.4, -0.2) is 20.6 Å². The largest absolute Gasteiger partial charge is 0.399 e. The molecule has 3 aromatic rings. The summed E-state index contributed by atoms with van der Waals surface area (Å²) in [6.07, 6.45) is 6.22. The van der Waals surface area contributed by atoms with Crippen LogP contribution in [0.1, 0.15) is 25.6 Å². The van der Waals surface area contributed by atoms with Crippen molar-refractivity contribution < 1.29 is 0 Å².